The first-order valence-electron chi connectivity index (χ1n) is 7.38. The van der Waals surface area contributed by atoms with Gasteiger partial charge in [-0.05, 0) is 30.3 Å². The maximum Gasteiger partial charge on any atom is 0.125 e. The van der Waals surface area contributed by atoms with E-state index in [1.165, 1.54) is 15.5 Å². The van der Waals surface area contributed by atoms with Crippen LogP contribution in [0.3, 0.4) is 0 Å². The second-order valence-corrected chi connectivity index (χ2v) is 6.44. The predicted molar refractivity (Wildman–Crippen MR) is 95.7 cm³/mol. The van der Waals surface area contributed by atoms with E-state index in [-0.39, 0.29) is 0 Å². The van der Waals surface area contributed by atoms with Gasteiger partial charge < -0.3 is 0 Å². The molecule has 23 heavy (non-hydrogen) atoms. The van der Waals surface area contributed by atoms with Crippen LogP contribution in [0.5, 0.6) is 0 Å². The highest BCUT2D eigenvalue weighted by molar-refractivity contribution is 7.25. The number of hydrogen-bond acceptors (Lipinski definition) is 4. The molecule has 0 amide bonds. The van der Waals surface area contributed by atoms with Crippen molar-refractivity contribution >= 4 is 42.5 Å². The Bertz CT molecular complexity index is 1180. The largest absolute Gasteiger partial charge is 0.262 e. The fourth-order valence-corrected chi connectivity index (χ4v) is 3.93. The van der Waals surface area contributed by atoms with Crippen LogP contribution in [0, 0.1) is 0 Å². The Hall–Kier alpha value is -2.85. The molecule has 0 spiro atoms. The van der Waals surface area contributed by atoms with Crippen molar-refractivity contribution in [2.24, 2.45) is 0 Å². The van der Waals surface area contributed by atoms with E-state index in [0.29, 0.717) is 0 Å². The van der Waals surface area contributed by atoms with Crippen LogP contribution in [-0.2, 0) is 0 Å². The maximum absolute atomic E-state index is 4.83. The number of rotatable bonds is 1. The topological polar surface area (TPSA) is 38.7 Å². The van der Waals surface area contributed by atoms with Crippen LogP contribution < -0.4 is 0 Å². The van der Waals surface area contributed by atoms with Gasteiger partial charge in [0.2, 0.25) is 0 Å². The summed E-state index contributed by atoms with van der Waals surface area (Å²) in [6, 6.07) is 18.7. The highest BCUT2D eigenvalue weighted by Crippen LogP contribution is 2.33. The molecule has 4 heteroatoms. The fourth-order valence-electron chi connectivity index (χ4n) is 2.86. The summed E-state index contributed by atoms with van der Waals surface area (Å²) in [5.41, 5.74) is 2.67. The van der Waals surface area contributed by atoms with E-state index in [4.69, 9.17) is 4.98 Å². The van der Waals surface area contributed by atoms with E-state index < -0.39 is 0 Å². The van der Waals surface area contributed by atoms with Gasteiger partial charge in [-0.2, -0.15) is 0 Å². The van der Waals surface area contributed by atoms with Gasteiger partial charge in [-0.15, -0.1) is 11.3 Å². The number of nitrogens with zero attached hydrogens (tertiary/aromatic N) is 3. The van der Waals surface area contributed by atoms with Crippen molar-refractivity contribution in [1.82, 2.24) is 15.0 Å². The van der Waals surface area contributed by atoms with E-state index in [1.54, 1.807) is 23.7 Å². The molecule has 0 aliphatic carbocycles. The molecule has 3 nitrogen and oxygen atoms in total. The molecule has 4 aromatic heterocycles. The molecule has 0 fully saturated rings. The van der Waals surface area contributed by atoms with Crippen LogP contribution in [-0.4, -0.2) is 15.0 Å². The second-order valence-electron chi connectivity index (χ2n) is 5.41. The minimum Gasteiger partial charge on any atom is -0.262 e. The minimum absolute atomic E-state index is 0.879. The summed E-state index contributed by atoms with van der Waals surface area (Å²) in [4.78, 5) is 14.7. The van der Waals surface area contributed by atoms with Crippen molar-refractivity contribution < 1.29 is 0 Å². The lowest BCUT2D eigenvalue weighted by Crippen LogP contribution is -1.88. The number of hydrogen-bond donors (Lipinski definition) is 0. The number of pyridine rings is 3. The van der Waals surface area contributed by atoms with Crippen LogP contribution in [0.4, 0.5) is 0 Å². The number of fused-ring (bicyclic) bond motifs is 4. The van der Waals surface area contributed by atoms with E-state index >= 15 is 0 Å². The predicted octanol–water partition coefficient (Wildman–Crippen LogP) is 5.06. The van der Waals surface area contributed by atoms with Gasteiger partial charge in [0, 0.05) is 27.1 Å². The third kappa shape index (κ3) is 1.99. The Kier molecular flexibility index (Phi) is 2.66. The van der Waals surface area contributed by atoms with Crippen molar-refractivity contribution in [3.05, 3.63) is 67.0 Å². The van der Waals surface area contributed by atoms with Gasteiger partial charge in [0.15, 0.2) is 0 Å². The SMILES string of the molecule is c1ccc2c(c1)sc1nc(-c3ccc4ccncc4n3)ccc12. The van der Waals surface area contributed by atoms with Crippen molar-refractivity contribution in [3.8, 4) is 11.4 Å². The average molecular weight is 313 g/mol. The molecular formula is C19H11N3S. The van der Waals surface area contributed by atoms with Gasteiger partial charge in [-0.3, -0.25) is 4.98 Å². The molecule has 5 rings (SSSR count). The van der Waals surface area contributed by atoms with Crippen molar-refractivity contribution in [1.29, 1.82) is 0 Å². The van der Waals surface area contributed by atoms with Crippen LogP contribution in [0.15, 0.2) is 67.0 Å². The molecule has 0 unspecified atom stereocenters. The molecule has 0 aliphatic heterocycles. The van der Waals surface area contributed by atoms with Crippen LogP contribution in [0.1, 0.15) is 0 Å². The molecule has 4 heterocycles. The molecule has 5 aromatic rings. The Labute approximate surface area is 136 Å². The van der Waals surface area contributed by atoms with E-state index in [9.17, 15) is 0 Å². The zero-order valence-electron chi connectivity index (χ0n) is 12.1. The lowest BCUT2D eigenvalue weighted by atomic mass is 10.1. The lowest BCUT2D eigenvalue weighted by Gasteiger charge is -2.02. The zero-order chi connectivity index (χ0) is 15.2. The van der Waals surface area contributed by atoms with Crippen molar-refractivity contribution in [2.75, 3.05) is 0 Å². The molecule has 0 aliphatic rings. The Morgan fingerprint density at radius 3 is 2.61 bits per heavy atom. The first kappa shape index (κ1) is 12.7. The smallest absolute Gasteiger partial charge is 0.125 e. The Morgan fingerprint density at radius 2 is 1.61 bits per heavy atom. The normalized spacial score (nSPS) is 11.5. The number of aromatic nitrogens is 3. The van der Waals surface area contributed by atoms with Gasteiger partial charge in [-0.25, -0.2) is 9.97 Å². The molecule has 0 atom stereocenters. The molecule has 0 bridgehead atoms. The lowest BCUT2D eigenvalue weighted by molar-refractivity contribution is 1.29. The summed E-state index contributed by atoms with van der Waals surface area (Å²) < 4.78 is 1.27. The average Bonchev–Trinajstić information content (AvgIpc) is 2.99. The highest BCUT2D eigenvalue weighted by Gasteiger charge is 2.09. The van der Waals surface area contributed by atoms with Gasteiger partial charge >= 0.3 is 0 Å². The molecule has 108 valence electrons. The quantitative estimate of drug-likeness (QED) is 0.434. The third-order valence-electron chi connectivity index (χ3n) is 4.00. The van der Waals surface area contributed by atoms with E-state index in [2.05, 4.69) is 46.4 Å². The maximum atomic E-state index is 4.83. The monoisotopic (exact) mass is 313 g/mol. The zero-order valence-corrected chi connectivity index (χ0v) is 12.9. The molecule has 1 aromatic carbocycles. The third-order valence-corrected chi connectivity index (χ3v) is 5.08. The summed E-state index contributed by atoms with van der Waals surface area (Å²) >= 11 is 1.72. The number of thiophene rings is 1. The van der Waals surface area contributed by atoms with Crippen LogP contribution in [0.25, 0.3) is 42.6 Å². The highest BCUT2D eigenvalue weighted by atomic mass is 32.1. The fraction of sp³-hybridized carbons (Fsp3) is 0. The summed E-state index contributed by atoms with van der Waals surface area (Å²) in [6.07, 6.45) is 3.57. The summed E-state index contributed by atoms with van der Waals surface area (Å²) in [7, 11) is 0. The Balaban J connectivity index is 1.73. The first-order valence-corrected chi connectivity index (χ1v) is 8.19. The first-order chi connectivity index (χ1) is 11.4. The van der Waals surface area contributed by atoms with E-state index in [0.717, 1.165) is 27.1 Å². The molecule has 0 saturated heterocycles. The van der Waals surface area contributed by atoms with Crippen LogP contribution >= 0.6 is 11.3 Å². The second kappa shape index (κ2) is 4.83. The standard InChI is InChI=1S/C19H11N3S/c1-2-4-18-13(3-1)14-6-8-16(22-19(14)23-18)15-7-5-12-9-10-20-11-17(12)21-15/h1-11H. The molecule has 0 radical (unpaired) electrons. The van der Waals surface area contributed by atoms with Crippen molar-refractivity contribution in [2.45, 2.75) is 0 Å². The van der Waals surface area contributed by atoms with Gasteiger partial charge in [0.25, 0.3) is 0 Å². The van der Waals surface area contributed by atoms with E-state index in [1.807, 2.05) is 18.2 Å². The van der Waals surface area contributed by atoms with Gasteiger partial charge in [0.1, 0.15) is 4.83 Å². The summed E-state index contributed by atoms with van der Waals surface area (Å²) in [5.74, 6) is 0. The molecule has 0 N–H and O–H groups in total. The minimum atomic E-state index is 0.879. The van der Waals surface area contributed by atoms with Gasteiger partial charge in [-0.1, -0.05) is 24.3 Å². The molecule has 0 saturated carbocycles. The Morgan fingerprint density at radius 1 is 0.739 bits per heavy atom. The van der Waals surface area contributed by atoms with Gasteiger partial charge in [0.05, 0.1) is 23.1 Å². The summed E-state index contributed by atoms with van der Waals surface area (Å²) in [5, 5.41) is 3.56. The van der Waals surface area contributed by atoms with Crippen LogP contribution in [0.2, 0.25) is 0 Å². The number of benzene rings is 1. The van der Waals surface area contributed by atoms with Crippen molar-refractivity contribution in [3.63, 3.8) is 0 Å². The molecular weight excluding hydrogens is 302 g/mol. The summed E-state index contributed by atoms with van der Waals surface area (Å²) in [6.45, 7) is 0.